The SMILES string of the molecule is COc1ccccc1CNC(=O)[C@@]1(C)Cn2cnc(C(=O)NCc3ccc(SC)cc3)c2C(=O)N1C1CC1. The topological polar surface area (TPSA) is 106 Å². The molecular weight excluding hydrogens is 502 g/mol. The van der Waals surface area contributed by atoms with Crippen molar-refractivity contribution in [3.8, 4) is 5.75 Å². The molecule has 1 aliphatic carbocycles. The van der Waals surface area contributed by atoms with Crippen LogP contribution in [0.5, 0.6) is 5.75 Å². The second-order valence-electron chi connectivity index (χ2n) is 9.78. The maximum atomic E-state index is 13.8. The van der Waals surface area contributed by atoms with Crippen LogP contribution in [-0.4, -0.2) is 57.1 Å². The number of methoxy groups -OCH3 is 1. The van der Waals surface area contributed by atoms with E-state index < -0.39 is 11.4 Å². The van der Waals surface area contributed by atoms with E-state index in [1.165, 1.54) is 6.33 Å². The zero-order chi connectivity index (χ0) is 26.9. The molecule has 198 valence electrons. The number of para-hydroxylation sites is 1. The van der Waals surface area contributed by atoms with Crippen molar-refractivity contribution in [3.63, 3.8) is 0 Å². The molecule has 2 aromatic carbocycles. The van der Waals surface area contributed by atoms with Crippen LogP contribution in [0.1, 0.15) is 51.9 Å². The molecule has 5 rings (SSSR count). The Bertz CT molecular complexity index is 1370. The highest BCUT2D eigenvalue weighted by Gasteiger charge is 2.53. The van der Waals surface area contributed by atoms with Gasteiger partial charge in [-0.1, -0.05) is 30.3 Å². The summed E-state index contributed by atoms with van der Waals surface area (Å²) in [6.07, 6.45) is 5.13. The minimum Gasteiger partial charge on any atom is -0.496 e. The third-order valence-electron chi connectivity index (χ3n) is 7.13. The largest absolute Gasteiger partial charge is 0.496 e. The van der Waals surface area contributed by atoms with E-state index in [2.05, 4.69) is 15.6 Å². The first kappa shape index (κ1) is 25.8. The van der Waals surface area contributed by atoms with E-state index in [4.69, 9.17) is 4.74 Å². The van der Waals surface area contributed by atoms with Gasteiger partial charge in [-0.3, -0.25) is 14.4 Å². The fraction of sp³-hybridized carbons (Fsp3) is 0.357. The van der Waals surface area contributed by atoms with Crippen molar-refractivity contribution < 1.29 is 19.1 Å². The molecule has 3 amide bonds. The van der Waals surface area contributed by atoms with Crippen LogP contribution < -0.4 is 15.4 Å². The second-order valence-corrected chi connectivity index (χ2v) is 10.7. The van der Waals surface area contributed by atoms with Gasteiger partial charge in [0.05, 0.1) is 20.0 Å². The van der Waals surface area contributed by atoms with Gasteiger partial charge in [0.2, 0.25) is 5.91 Å². The molecule has 9 nitrogen and oxygen atoms in total. The molecule has 1 aromatic heterocycles. The highest BCUT2D eigenvalue weighted by Crippen LogP contribution is 2.39. The summed E-state index contributed by atoms with van der Waals surface area (Å²) in [5.41, 5.74) is 0.979. The van der Waals surface area contributed by atoms with Gasteiger partial charge in [0, 0.05) is 29.6 Å². The molecule has 1 aliphatic heterocycles. The first-order chi connectivity index (χ1) is 18.4. The third-order valence-corrected chi connectivity index (χ3v) is 7.87. The molecule has 3 aromatic rings. The summed E-state index contributed by atoms with van der Waals surface area (Å²) in [6.45, 7) is 2.58. The molecule has 1 atom stereocenters. The van der Waals surface area contributed by atoms with E-state index in [1.54, 1.807) is 35.3 Å². The summed E-state index contributed by atoms with van der Waals surface area (Å²) in [6, 6.07) is 15.4. The number of nitrogens with zero attached hydrogens (tertiary/aromatic N) is 3. The number of rotatable bonds is 9. The Morgan fingerprint density at radius 1 is 1.11 bits per heavy atom. The molecular formula is C28H31N5O4S. The molecule has 10 heteroatoms. The Hall–Kier alpha value is -3.79. The first-order valence-electron chi connectivity index (χ1n) is 12.6. The molecule has 1 fully saturated rings. The highest BCUT2D eigenvalue weighted by atomic mass is 32.2. The molecule has 0 unspecified atom stereocenters. The van der Waals surface area contributed by atoms with Gasteiger partial charge in [-0.2, -0.15) is 0 Å². The fourth-order valence-corrected chi connectivity index (χ4v) is 5.35. The van der Waals surface area contributed by atoms with E-state index in [-0.39, 0.29) is 42.3 Å². The summed E-state index contributed by atoms with van der Waals surface area (Å²) in [7, 11) is 1.59. The zero-order valence-electron chi connectivity index (χ0n) is 21.7. The Balaban J connectivity index is 1.34. The maximum absolute atomic E-state index is 13.8. The van der Waals surface area contributed by atoms with Crippen molar-refractivity contribution in [3.05, 3.63) is 77.4 Å². The Morgan fingerprint density at radius 2 is 1.84 bits per heavy atom. The Kier molecular flexibility index (Phi) is 7.16. The number of nitrogens with one attached hydrogen (secondary N) is 2. The van der Waals surface area contributed by atoms with Crippen LogP contribution in [0.4, 0.5) is 0 Å². The number of amides is 3. The molecule has 0 radical (unpaired) electrons. The van der Waals surface area contributed by atoms with Crippen molar-refractivity contribution in [2.75, 3.05) is 13.4 Å². The lowest BCUT2D eigenvalue weighted by Gasteiger charge is -2.44. The number of benzene rings is 2. The standard InChI is InChI=1S/C28H31N5O4S/c1-28(27(36)30-15-19-6-4-5-7-22(19)37-2)16-32-17-31-23(24(32)26(35)33(28)20-10-11-20)25(34)29-14-18-8-12-21(38-3)13-9-18/h4-9,12-13,17,20H,10-11,14-16H2,1-3H3,(H,29,34)(H,30,36)/t28-/m1/s1. The van der Waals surface area contributed by atoms with Crippen molar-refractivity contribution in [1.82, 2.24) is 25.1 Å². The van der Waals surface area contributed by atoms with Crippen LogP contribution in [-0.2, 0) is 24.4 Å². The minimum atomic E-state index is -1.12. The molecule has 2 heterocycles. The third kappa shape index (κ3) is 4.88. The Morgan fingerprint density at radius 3 is 2.53 bits per heavy atom. The van der Waals surface area contributed by atoms with Crippen LogP contribution in [0.3, 0.4) is 0 Å². The van der Waals surface area contributed by atoms with Crippen LogP contribution >= 0.6 is 11.8 Å². The average molecular weight is 534 g/mol. The van der Waals surface area contributed by atoms with Gasteiger partial charge < -0.3 is 24.8 Å². The summed E-state index contributed by atoms with van der Waals surface area (Å²) in [5, 5.41) is 5.88. The quantitative estimate of drug-likeness (QED) is 0.409. The number of hydrogen-bond donors (Lipinski definition) is 2. The first-order valence-corrected chi connectivity index (χ1v) is 13.8. The summed E-state index contributed by atoms with van der Waals surface area (Å²) < 4.78 is 7.03. The van der Waals surface area contributed by atoms with E-state index in [9.17, 15) is 14.4 Å². The van der Waals surface area contributed by atoms with Crippen molar-refractivity contribution in [1.29, 1.82) is 0 Å². The second kappa shape index (κ2) is 10.5. The molecule has 2 N–H and O–H groups in total. The zero-order valence-corrected chi connectivity index (χ0v) is 22.5. The summed E-state index contributed by atoms with van der Waals surface area (Å²) in [4.78, 5) is 47.5. The lowest BCUT2D eigenvalue weighted by atomic mass is 9.93. The normalized spacial score (nSPS) is 18.6. The number of aromatic nitrogens is 2. The lowest BCUT2D eigenvalue weighted by Crippen LogP contribution is -2.64. The van der Waals surface area contributed by atoms with E-state index in [1.807, 2.05) is 54.8 Å². The molecule has 1 saturated carbocycles. The highest BCUT2D eigenvalue weighted by molar-refractivity contribution is 7.98. The van der Waals surface area contributed by atoms with Gasteiger partial charge in [0.15, 0.2) is 5.69 Å². The predicted octanol–water partition coefficient (Wildman–Crippen LogP) is 3.24. The average Bonchev–Trinajstić information content (AvgIpc) is 3.68. The van der Waals surface area contributed by atoms with Gasteiger partial charge in [0.25, 0.3) is 11.8 Å². The van der Waals surface area contributed by atoms with Gasteiger partial charge in [-0.15, -0.1) is 11.8 Å². The summed E-state index contributed by atoms with van der Waals surface area (Å²) >= 11 is 1.65. The summed E-state index contributed by atoms with van der Waals surface area (Å²) in [5.74, 6) is -0.339. The van der Waals surface area contributed by atoms with Crippen molar-refractivity contribution >= 4 is 29.5 Å². The van der Waals surface area contributed by atoms with Crippen LogP contribution in [0, 0.1) is 0 Å². The molecule has 0 bridgehead atoms. The molecule has 38 heavy (non-hydrogen) atoms. The minimum absolute atomic E-state index is 0.0426. The van der Waals surface area contributed by atoms with Crippen molar-refractivity contribution in [2.45, 2.75) is 55.9 Å². The number of ether oxygens (including phenoxy) is 1. The van der Waals surface area contributed by atoms with Gasteiger partial charge in [0.1, 0.15) is 17.0 Å². The Labute approximate surface area is 225 Å². The predicted molar refractivity (Wildman–Crippen MR) is 144 cm³/mol. The van der Waals surface area contributed by atoms with Crippen molar-refractivity contribution in [2.24, 2.45) is 0 Å². The fourth-order valence-electron chi connectivity index (χ4n) is 4.95. The van der Waals surface area contributed by atoms with E-state index in [0.29, 0.717) is 12.3 Å². The van der Waals surface area contributed by atoms with Gasteiger partial charge in [-0.25, -0.2) is 4.98 Å². The lowest BCUT2D eigenvalue weighted by molar-refractivity contribution is -0.133. The van der Waals surface area contributed by atoms with Gasteiger partial charge in [-0.05, 0) is 49.8 Å². The van der Waals surface area contributed by atoms with E-state index >= 15 is 0 Å². The smallest absolute Gasteiger partial charge is 0.274 e. The number of thioether (sulfide) groups is 1. The number of imidazole rings is 1. The number of fused-ring (bicyclic) bond motifs is 1. The number of carbonyl (C=O) groups is 3. The van der Waals surface area contributed by atoms with Crippen LogP contribution in [0.2, 0.25) is 0 Å². The van der Waals surface area contributed by atoms with E-state index in [0.717, 1.165) is 28.9 Å². The maximum Gasteiger partial charge on any atom is 0.274 e. The van der Waals surface area contributed by atoms with Crippen LogP contribution in [0.25, 0.3) is 0 Å². The number of carbonyl (C=O) groups excluding carboxylic acids is 3. The monoisotopic (exact) mass is 533 g/mol. The number of hydrogen-bond acceptors (Lipinski definition) is 6. The molecule has 0 spiro atoms. The van der Waals surface area contributed by atoms with Crippen LogP contribution in [0.15, 0.2) is 59.8 Å². The van der Waals surface area contributed by atoms with Gasteiger partial charge >= 0.3 is 0 Å². The molecule has 0 saturated heterocycles. The molecule has 2 aliphatic rings.